The quantitative estimate of drug-likeness (QED) is 0.870. The Kier molecular flexibility index (Phi) is 2.40. The summed E-state index contributed by atoms with van der Waals surface area (Å²) < 4.78 is 1.88. The Bertz CT molecular complexity index is 539. The molecule has 2 N–H and O–H groups in total. The van der Waals surface area contributed by atoms with Gasteiger partial charge >= 0.3 is 0 Å². The summed E-state index contributed by atoms with van der Waals surface area (Å²) in [4.78, 5) is 4.43. The smallest absolute Gasteiger partial charge is 0.155 e. The zero-order chi connectivity index (χ0) is 11.9. The summed E-state index contributed by atoms with van der Waals surface area (Å²) in [6, 6.07) is 2.04. The first kappa shape index (κ1) is 10.7. The third-order valence-electron chi connectivity index (χ3n) is 3.58. The van der Waals surface area contributed by atoms with Crippen LogP contribution in [-0.4, -0.2) is 20.1 Å². The molecular weight excluding hydrogens is 212 g/mol. The van der Waals surface area contributed by atoms with Gasteiger partial charge in [-0.3, -0.25) is 0 Å². The van der Waals surface area contributed by atoms with Gasteiger partial charge in [0.1, 0.15) is 0 Å². The van der Waals surface area contributed by atoms with E-state index in [0.29, 0.717) is 0 Å². The summed E-state index contributed by atoms with van der Waals surface area (Å²) in [5.74, 6) is 0. The average Bonchev–Trinajstić information content (AvgIpc) is 2.93. The van der Waals surface area contributed by atoms with Gasteiger partial charge in [-0.05, 0) is 37.7 Å². The minimum absolute atomic E-state index is 0.119. The predicted octanol–water partition coefficient (Wildman–Crippen LogP) is 1.72. The van der Waals surface area contributed by atoms with E-state index in [2.05, 4.69) is 23.2 Å². The van der Waals surface area contributed by atoms with Crippen LogP contribution >= 0.6 is 0 Å². The molecular formula is C13H18N4. The topological polar surface area (TPSA) is 56.2 Å². The van der Waals surface area contributed by atoms with E-state index in [-0.39, 0.29) is 5.54 Å². The molecule has 2 aromatic rings. The highest BCUT2D eigenvalue weighted by Gasteiger charge is 2.37. The lowest BCUT2D eigenvalue weighted by molar-refractivity contribution is 0.606. The Morgan fingerprint density at radius 3 is 3.00 bits per heavy atom. The molecule has 17 heavy (non-hydrogen) atoms. The normalized spacial score (nSPS) is 17.5. The lowest BCUT2D eigenvalue weighted by atomic mass is 10.1. The van der Waals surface area contributed by atoms with Crippen LogP contribution in [0.15, 0.2) is 18.5 Å². The van der Waals surface area contributed by atoms with E-state index in [0.717, 1.165) is 30.6 Å². The third-order valence-corrected chi connectivity index (χ3v) is 3.58. The van der Waals surface area contributed by atoms with E-state index in [1.165, 1.54) is 18.4 Å². The first-order valence-corrected chi connectivity index (χ1v) is 6.31. The number of nitrogens with two attached hydrogens (primary N) is 1. The minimum atomic E-state index is 0.119. The van der Waals surface area contributed by atoms with Gasteiger partial charge in [-0.1, -0.05) is 6.92 Å². The molecule has 2 heterocycles. The van der Waals surface area contributed by atoms with Crippen LogP contribution in [0.3, 0.4) is 0 Å². The summed E-state index contributed by atoms with van der Waals surface area (Å²) in [7, 11) is 0. The van der Waals surface area contributed by atoms with Gasteiger partial charge in [0.2, 0.25) is 0 Å². The number of hydrogen-bond acceptors (Lipinski definition) is 3. The molecule has 0 atom stereocenters. The minimum Gasteiger partial charge on any atom is -0.325 e. The Morgan fingerprint density at radius 2 is 2.29 bits per heavy atom. The van der Waals surface area contributed by atoms with Gasteiger partial charge in [-0.2, -0.15) is 5.10 Å². The molecule has 0 aromatic carbocycles. The molecule has 0 radical (unpaired) electrons. The second-order valence-corrected chi connectivity index (χ2v) is 5.12. The number of aryl methyl sites for hydroxylation is 2. The Morgan fingerprint density at radius 1 is 1.47 bits per heavy atom. The standard InChI is InChI=1S/C13H18N4/c1-2-11-7-12-15-8-10(9-17(12)16-11)3-4-13(14)5-6-13/h7-9H,2-6,14H2,1H3. The van der Waals surface area contributed by atoms with Crippen molar-refractivity contribution in [3.8, 4) is 0 Å². The largest absolute Gasteiger partial charge is 0.325 e. The Balaban J connectivity index is 1.80. The number of hydrogen-bond donors (Lipinski definition) is 1. The van der Waals surface area contributed by atoms with Crippen LogP contribution in [0.25, 0.3) is 5.65 Å². The second-order valence-electron chi connectivity index (χ2n) is 5.12. The van der Waals surface area contributed by atoms with Crippen LogP contribution in [0.2, 0.25) is 0 Å². The molecule has 90 valence electrons. The average molecular weight is 230 g/mol. The van der Waals surface area contributed by atoms with Crippen molar-refractivity contribution >= 4 is 5.65 Å². The monoisotopic (exact) mass is 230 g/mol. The van der Waals surface area contributed by atoms with Crippen LogP contribution in [0.5, 0.6) is 0 Å². The maximum absolute atomic E-state index is 6.09. The van der Waals surface area contributed by atoms with Gasteiger partial charge < -0.3 is 5.73 Å². The van der Waals surface area contributed by atoms with Gasteiger partial charge in [0.15, 0.2) is 5.65 Å². The van der Waals surface area contributed by atoms with E-state index in [1.807, 2.05) is 16.8 Å². The predicted molar refractivity (Wildman–Crippen MR) is 66.8 cm³/mol. The van der Waals surface area contributed by atoms with Crippen molar-refractivity contribution in [1.29, 1.82) is 0 Å². The number of fused-ring (bicyclic) bond motifs is 1. The highest BCUT2D eigenvalue weighted by Crippen LogP contribution is 2.36. The van der Waals surface area contributed by atoms with Crippen molar-refractivity contribution in [2.75, 3.05) is 0 Å². The molecule has 2 aromatic heterocycles. The summed E-state index contributed by atoms with van der Waals surface area (Å²) in [5.41, 5.74) is 9.45. The van der Waals surface area contributed by atoms with E-state index in [1.54, 1.807) is 0 Å². The fraction of sp³-hybridized carbons (Fsp3) is 0.538. The lowest BCUT2D eigenvalue weighted by Crippen LogP contribution is -2.22. The molecule has 3 rings (SSSR count). The molecule has 1 saturated carbocycles. The van der Waals surface area contributed by atoms with Crippen LogP contribution < -0.4 is 5.73 Å². The number of aromatic nitrogens is 3. The zero-order valence-electron chi connectivity index (χ0n) is 10.2. The molecule has 1 aliphatic rings. The summed E-state index contributed by atoms with van der Waals surface area (Å²) in [5, 5.41) is 4.47. The van der Waals surface area contributed by atoms with Crippen molar-refractivity contribution in [1.82, 2.24) is 14.6 Å². The summed E-state index contributed by atoms with van der Waals surface area (Å²) in [6.07, 6.45) is 9.37. The molecule has 1 fully saturated rings. The van der Waals surface area contributed by atoms with Crippen molar-refractivity contribution < 1.29 is 0 Å². The molecule has 1 aliphatic carbocycles. The molecule has 0 aliphatic heterocycles. The number of nitrogens with zero attached hydrogens (tertiary/aromatic N) is 3. The highest BCUT2D eigenvalue weighted by atomic mass is 15.2. The van der Waals surface area contributed by atoms with Gasteiger partial charge in [0.25, 0.3) is 0 Å². The molecule has 0 saturated heterocycles. The molecule has 0 amide bonds. The molecule has 4 heteroatoms. The van der Waals surface area contributed by atoms with Gasteiger partial charge in [-0.15, -0.1) is 0 Å². The zero-order valence-corrected chi connectivity index (χ0v) is 10.2. The third kappa shape index (κ3) is 2.17. The molecule has 4 nitrogen and oxygen atoms in total. The SMILES string of the molecule is CCc1cc2ncc(CCC3(N)CC3)cn2n1. The Labute approximate surface area is 101 Å². The maximum atomic E-state index is 6.09. The van der Waals surface area contributed by atoms with Crippen molar-refractivity contribution in [3.63, 3.8) is 0 Å². The van der Waals surface area contributed by atoms with Crippen LogP contribution in [0.4, 0.5) is 0 Å². The first-order chi connectivity index (χ1) is 8.18. The van der Waals surface area contributed by atoms with Crippen molar-refractivity contribution in [3.05, 3.63) is 29.7 Å². The molecule has 0 unspecified atom stereocenters. The molecule has 0 spiro atoms. The van der Waals surface area contributed by atoms with Gasteiger partial charge in [0, 0.05) is 24.0 Å². The van der Waals surface area contributed by atoms with Gasteiger partial charge in [0.05, 0.1) is 5.69 Å². The highest BCUT2D eigenvalue weighted by molar-refractivity contribution is 5.39. The van der Waals surface area contributed by atoms with Crippen molar-refractivity contribution in [2.45, 2.75) is 44.6 Å². The lowest BCUT2D eigenvalue weighted by Gasteiger charge is -2.07. The van der Waals surface area contributed by atoms with E-state index >= 15 is 0 Å². The maximum Gasteiger partial charge on any atom is 0.155 e. The van der Waals surface area contributed by atoms with Crippen molar-refractivity contribution in [2.24, 2.45) is 5.73 Å². The fourth-order valence-corrected chi connectivity index (χ4v) is 2.07. The van der Waals surface area contributed by atoms with Crippen LogP contribution in [0, 0.1) is 0 Å². The van der Waals surface area contributed by atoms with Gasteiger partial charge in [-0.25, -0.2) is 9.50 Å². The van der Waals surface area contributed by atoms with E-state index in [9.17, 15) is 0 Å². The van der Waals surface area contributed by atoms with E-state index in [4.69, 9.17) is 5.73 Å². The fourth-order valence-electron chi connectivity index (χ4n) is 2.07. The second kappa shape index (κ2) is 3.81. The summed E-state index contributed by atoms with van der Waals surface area (Å²) >= 11 is 0. The molecule has 0 bridgehead atoms. The van der Waals surface area contributed by atoms with E-state index < -0.39 is 0 Å². The number of rotatable bonds is 4. The van der Waals surface area contributed by atoms with Crippen LogP contribution in [-0.2, 0) is 12.8 Å². The Hall–Kier alpha value is -1.42. The first-order valence-electron chi connectivity index (χ1n) is 6.31. The van der Waals surface area contributed by atoms with Crippen LogP contribution in [0.1, 0.15) is 37.4 Å². The summed E-state index contributed by atoms with van der Waals surface area (Å²) in [6.45, 7) is 2.11.